The van der Waals surface area contributed by atoms with E-state index in [0.717, 1.165) is 24.3 Å². The second-order valence-corrected chi connectivity index (χ2v) is 5.04. The van der Waals surface area contributed by atoms with Gasteiger partial charge in [-0.1, -0.05) is 19.1 Å². The molecular formula is C15H23N3O2. The molecule has 0 saturated carbocycles. The molecule has 1 aromatic rings. The number of carbonyl (C=O) groups excluding carboxylic acids is 1. The van der Waals surface area contributed by atoms with Crippen molar-refractivity contribution in [1.29, 1.82) is 0 Å². The van der Waals surface area contributed by atoms with E-state index in [9.17, 15) is 4.79 Å². The van der Waals surface area contributed by atoms with E-state index in [2.05, 4.69) is 11.8 Å². The summed E-state index contributed by atoms with van der Waals surface area (Å²) >= 11 is 0. The Morgan fingerprint density at radius 1 is 1.40 bits per heavy atom. The van der Waals surface area contributed by atoms with Gasteiger partial charge in [0.05, 0.1) is 19.8 Å². The van der Waals surface area contributed by atoms with Crippen LogP contribution in [0.5, 0.6) is 0 Å². The summed E-state index contributed by atoms with van der Waals surface area (Å²) in [5.41, 5.74) is 7.69. The molecule has 1 saturated heterocycles. The number of rotatable bonds is 5. The number of likely N-dealkylation sites (N-methyl/N-ethyl adjacent to an activating group) is 1. The zero-order chi connectivity index (χ0) is 14.4. The number of benzene rings is 1. The van der Waals surface area contributed by atoms with Gasteiger partial charge in [-0.25, -0.2) is 0 Å². The van der Waals surface area contributed by atoms with Gasteiger partial charge in [-0.05, 0) is 24.2 Å². The van der Waals surface area contributed by atoms with Crippen molar-refractivity contribution in [2.45, 2.75) is 13.5 Å². The van der Waals surface area contributed by atoms with E-state index in [-0.39, 0.29) is 5.91 Å². The Kier molecular flexibility index (Phi) is 5.38. The maximum absolute atomic E-state index is 12.2. The predicted molar refractivity (Wildman–Crippen MR) is 79.2 cm³/mol. The molecule has 0 spiro atoms. The average molecular weight is 277 g/mol. The third-order valence-corrected chi connectivity index (χ3v) is 3.53. The molecule has 20 heavy (non-hydrogen) atoms. The first kappa shape index (κ1) is 14.8. The maximum atomic E-state index is 12.2. The van der Waals surface area contributed by atoms with Crippen LogP contribution >= 0.6 is 0 Å². The van der Waals surface area contributed by atoms with Crippen molar-refractivity contribution in [2.75, 3.05) is 45.1 Å². The summed E-state index contributed by atoms with van der Waals surface area (Å²) in [5, 5.41) is 0. The van der Waals surface area contributed by atoms with Crippen molar-refractivity contribution in [2.24, 2.45) is 0 Å². The summed E-state index contributed by atoms with van der Waals surface area (Å²) in [5.74, 6) is 0.180. The number of ether oxygens (including phenoxy) is 1. The third kappa shape index (κ3) is 4.21. The van der Waals surface area contributed by atoms with Gasteiger partial charge in [-0.2, -0.15) is 0 Å². The Balaban J connectivity index is 1.89. The van der Waals surface area contributed by atoms with E-state index in [1.807, 2.05) is 29.2 Å². The Labute approximate surface area is 120 Å². The average Bonchev–Trinajstić information content (AvgIpc) is 2.47. The monoisotopic (exact) mass is 277 g/mol. The molecular weight excluding hydrogens is 254 g/mol. The minimum Gasteiger partial charge on any atom is -0.399 e. The van der Waals surface area contributed by atoms with E-state index in [1.165, 1.54) is 0 Å². The van der Waals surface area contributed by atoms with Gasteiger partial charge < -0.3 is 15.4 Å². The van der Waals surface area contributed by atoms with Crippen LogP contribution in [0.3, 0.4) is 0 Å². The predicted octanol–water partition coefficient (Wildman–Crippen LogP) is 0.949. The number of nitrogens with zero attached hydrogens (tertiary/aromatic N) is 2. The number of hydrogen-bond donors (Lipinski definition) is 1. The largest absolute Gasteiger partial charge is 0.399 e. The molecule has 5 nitrogen and oxygen atoms in total. The van der Waals surface area contributed by atoms with E-state index in [4.69, 9.17) is 10.5 Å². The Hall–Kier alpha value is -1.59. The fourth-order valence-corrected chi connectivity index (χ4v) is 2.33. The van der Waals surface area contributed by atoms with Crippen LogP contribution < -0.4 is 5.73 Å². The molecule has 1 aromatic carbocycles. The fraction of sp³-hybridized carbons (Fsp3) is 0.533. The zero-order valence-electron chi connectivity index (χ0n) is 12.0. The Bertz CT molecular complexity index is 444. The number of carbonyl (C=O) groups is 1. The SMILES string of the molecule is CCN(CC(=O)N1CCOCC1)Cc1cccc(N)c1. The molecule has 0 aliphatic carbocycles. The van der Waals surface area contributed by atoms with Gasteiger partial charge in [0.25, 0.3) is 0 Å². The molecule has 5 heteroatoms. The molecule has 2 rings (SSSR count). The number of nitrogen functional groups attached to an aromatic ring is 1. The summed E-state index contributed by atoms with van der Waals surface area (Å²) in [7, 11) is 0. The molecule has 0 unspecified atom stereocenters. The number of morpholine rings is 1. The minimum absolute atomic E-state index is 0.180. The normalized spacial score (nSPS) is 15.6. The van der Waals surface area contributed by atoms with Crippen LogP contribution in [-0.4, -0.2) is 55.1 Å². The molecule has 0 atom stereocenters. The summed E-state index contributed by atoms with van der Waals surface area (Å²) in [6.45, 7) is 6.80. The van der Waals surface area contributed by atoms with Gasteiger partial charge >= 0.3 is 0 Å². The van der Waals surface area contributed by atoms with Crippen LogP contribution in [0.4, 0.5) is 5.69 Å². The van der Waals surface area contributed by atoms with E-state index in [1.54, 1.807) is 0 Å². The lowest BCUT2D eigenvalue weighted by molar-refractivity contribution is -0.136. The Morgan fingerprint density at radius 2 is 2.15 bits per heavy atom. The molecule has 0 radical (unpaired) electrons. The van der Waals surface area contributed by atoms with E-state index in [0.29, 0.717) is 32.8 Å². The summed E-state index contributed by atoms with van der Waals surface area (Å²) in [6, 6.07) is 7.82. The summed E-state index contributed by atoms with van der Waals surface area (Å²) < 4.78 is 5.27. The quantitative estimate of drug-likeness (QED) is 0.814. The standard InChI is InChI=1S/C15H23N3O2/c1-2-17(11-13-4-3-5-14(16)10-13)12-15(19)18-6-8-20-9-7-18/h3-5,10H,2,6-9,11-12,16H2,1H3. The Morgan fingerprint density at radius 3 is 2.80 bits per heavy atom. The van der Waals surface area contributed by atoms with Gasteiger partial charge in [0, 0.05) is 25.3 Å². The van der Waals surface area contributed by atoms with Gasteiger partial charge in [-0.3, -0.25) is 9.69 Å². The zero-order valence-corrected chi connectivity index (χ0v) is 12.0. The van der Waals surface area contributed by atoms with Crippen LogP contribution in [0.2, 0.25) is 0 Å². The van der Waals surface area contributed by atoms with E-state index < -0.39 is 0 Å². The smallest absolute Gasteiger partial charge is 0.236 e. The van der Waals surface area contributed by atoms with Crippen LogP contribution in [0.15, 0.2) is 24.3 Å². The van der Waals surface area contributed by atoms with Gasteiger partial charge in [-0.15, -0.1) is 0 Å². The highest BCUT2D eigenvalue weighted by atomic mass is 16.5. The number of nitrogens with two attached hydrogens (primary N) is 1. The van der Waals surface area contributed by atoms with Crippen LogP contribution in [0.25, 0.3) is 0 Å². The topological polar surface area (TPSA) is 58.8 Å². The molecule has 1 aliphatic rings. The molecule has 0 aromatic heterocycles. The molecule has 1 amide bonds. The molecule has 1 aliphatic heterocycles. The van der Waals surface area contributed by atoms with Crippen LogP contribution in [0, 0.1) is 0 Å². The van der Waals surface area contributed by atoms with Gasteiger partial charge in [0.15, 0.2) is 0 Å². The first-order valence-electron chi connectivity index (χ1n) is 7.11. The highest BCUT2D eigenvalue weighted by Gasteiger charge is 2.19. The lowest BCUT2D eigenvalue weighted by Crippen LogP contribution is -2.45. The van der Waals surface area contributed by atoms with Crippen molar-refractivity contribution >= 4 is 11.6 Å². The third-order valence-electron chi connectivity index (χ3n) is 3.53. The second kappa shape index (κ2) is 7.26. The van der Waals surface area contributed by atoms with Crippen molar-refractivity contribution < 1.29 is 9.53 Å². The first-order valence-corrected chi connectivity index (χ1v) is 7.11. The minimum atomic E-state index is 0.180. The van der Waals surface area contributed by atoms with E-state index >= 15 is 0 Å². The second-order valence-electron chi connectivity index (χ2n) is 5.04. The lowest BCUT2D eigenvalue weighted by Gasteiger charge is -2.29. The number of amides is 1. The van der Waals surface area contributed by atoms with Crippen molar-refractivity contribution in [3.8, 4) is 0 Å². The molecule has 1 heterocycles. The summed E-state index contributed by atoms with van der Waals surface area (Å²) in [6.07, 6.45) is 0. The maximum Gasteiger partial charge on any atom is 0.236 e. The van der Waals surface area contributed by atoms with Crippen LogP contribution in [-0.2, 0) is 16.1 Å². The fourth-order valence-electron chi connectivity index (χ4n) is 2.33. The first-order chi connectivity index (χ1) is 9.69. The van der Waals surface area contributed by atoms with Gasteiger partial charge in [0.1, 0.15) is 0 Å². The molecule has 0 bridgehead atoms. The van der Waals surface area contributed by atoms with Crippen molar-refractivity contribution in [3.05, 3.63) is 29.8 Å². The molecule has 110 valence electrons. The van der Waals surface area contributed by atoms with Crippen LogP contribution in [0.1, 0.15) is 12.5 Å². The summed E-state index contributed by atoms with van der Waals surface area (Å²) in [4.78, 5) is 16.2. The molecule has 1 fully saturated rings. The van der Waals surface area contributed by atoms with Gasteiger partial charge in [0.2, 0.25) is 5.91 Å². The number of hydrogen-bond acceptors (Lipinski definition) is 4. The lowest BCUT2D eigenvalue weighted by atomic mass is 10.2. The van der Waals surface area contributed by atoms with Crippen molar-refractivity contribution in [3.63, 3.8) is 0 Å². The number of anilines is 1. The molecule has 2 N–H and O–H groups in total. The highest BCUT2D eigenvalue weighted by Crippen LogP contribution is 2.10. The van der Waals surface area contributed by atoms with Crippen molar-refractivity contribution in [1.82, 2.24) is 9.80 Å². The highest BCUT2D eigenvalue weighted by molar-refractivity contribution is 5.78.